The van der Waals surface area contributed by atoms with E-state index in [0.29, 0.717) is 6.10 Å². The number of unbranched alkanes of at least 4 members (excludes halogenated alkanes) is 18. The van der Waals surface area contributed by atoms with Crippen LogP contribution in [0.1, 0.15) is 213 Å². The average molecular weight is 710 g/mol. The van der Waals surface area contributed by atoms with Gasteiger partial charge < -0.3 is 14.4 Å². The second-order valence-corrected chi connectivity index (χ2v) is 16.5. The first kappa shape index (κ1) is 46.0. The van der Waals surface area contributed by atoms with E-state index in [1.165, 1.54) is 173 Å². The highest BCUT2D eigenvalue weighted by Gasteiger charge is 2.41. The first-order valence-electron chi connectivity index (χ1n) is 22.7. The third-order valence-corrected chi connectivity index (χ3v) is 11.6. The van der Waals surface area contributed by atoms with Crippen LogP contribution in [0.15, 0.2) is 48.6 Å². The Hall–Kier alpha value is -1.16. The largest absolute Gasteiger partial charge is 0.347 e. The molecule has 2 rings (SSSR count). The monoisotopic (exact) mass is 710 g/mol. The highest BCUT2D eigenvalue weighted by atomic mass is 16.7. The molecule has 296 valence electrons. The van der Waals surface area contributed by atoms with Crippen molar-refractivity contribution in [1.29, 1.82) is 0 Å². The van der Waals surface area contributed by atoms with Gasteiger partial charge >= 0.3 is 0 Å². The van der Waals surface area contributed by atoms with Crippen molar-refractivity contribution in [1.82, 2.24) is 4.90 Å². The minimum atomic E-state index is -0.310. The molecule has 0 radical (unpaired) electrons. The fraction of sp³-hybridized carbons (Fsp3) is 0.833. The molecule has 3 heteroatoms. The summed E-state index contributed by atoms with van der Waals surface area (Å²) in [6.07, 6.45) is 59.1. The Morgan fingerprint density at radius 1 is 0.510 bits per heavy atom. The molecule has 1 heterocycles. The van der Waals surface area contributed by atoms with Crippen LogP contribution in [0.2, 0.25) is 0 Å². The Kier molecular flexibility index (Phi) is 29.1. The smallest absolute Gasteiger partial charge is 0.168 e. The van der Waals surface area contributed by atoms with Gasteiger partial charge in [-0.25, -0.2) is 0 Å². The van der Waals surface area contributed by atoms with Gasteiger partial charge in [0.25, 0.3) is 0 Å². The summed E-state index contributed by atoms with van der Waals surface area (Å²) >= 11 is 0. The van der Waals surface area contributed by atoms with Crippen molar-refractivity contribution >= 4 is 0 Å². The maximum Gasteiger partial charge on any atom is 0.168 e. The Morgan fingerprint density at radius 3 is 1.35 bits per heavy atom. The Bertz CT molecular complexity index is 832. The average Bonchev–Trinajstić information content (AvgIpc) is 3.53. The van der Waals surface area contributed by atoms with Crippen LogP contribution in [0.5, 0.6) is 0 Å². The lowest BCUT2D eigenvalue weighted by Gasteiger charge is -2.34. The maximum absolute atomic E-state index is 6.92. The fourth-order valence-corrected chi connectivity index (χ4v) is 8.15. The lowest BCUT2D eigenvalue weighted by Crippen LogP contribution is -2.34. The van der Waals surface area contributed by atoms with E-state index in [-0.39, 0.29) is 5.79 Å². The molecule has 0 aromatic rings. The molecule has 1 saturated heterocycles. The highest BCUT2D eigenvalue weighted by molar-refractivity contribution is 4.93. The molecule has 1 unspecified atom stereocenters. The van der Waals surface area contributed by atoms with Crippen LogP contribution in [0.25, 0.3) is 0 Å². The number of nitrogens with zero attached hydrogens (tertiary/aromatic N) is 1. The predicted octanol–water partition coefficient (Wildman–Crippen LogP) is 15.0. The van der Waals surface area contributed by atoms with Gasteiger partial charge in [0.05, 0.1) is 12.7 Å². The lowest BCUT2D eigenvalue weighted by atomic mass is 9.82. The van der Waals surface area contributed by atoms with E-state index in [0.717, 1.165) is 44.2 Å². The molecule has 3 nitrogen and oxygen atoms in total. The van der Waals surface area contributed by atoms with Crippen molar-refractivity contribution in [3.63, 3.8) is 0 Å². The zero-order valence-electron chi connectivity index (χ0n) is 34.7. The number of hydrogen-bond donors (Lipinski definition) is 0. The van der Waals surface area contributed by atoms with Gasteiger partial charge in [0.15, 0.2) is 5.79 Å². The predicted molar refractivity (Wildman–Crippen MR) is 226 cm³/mol. The molecule has 0 N–H and O–H groups in total. The standard InChI is InChI=1S/C48H87NO2/c1-5-7-9-11-13-15-17-19-21-23-25-27-29-31-33-35-41-48(50-44-47(51-48)43-45-37-39-46(40-38-45)49(3)4)42-36-34-32-30-28-26-24-22-20-18-16-14-12-10-8-6-2/h13-16,19-22,45-47H,5-12,17-18,23-44H2,1-4H3. The number of rotatable bonds is 33. The second-order valence-electron chi connectivity index (χ2n) is 16.5. The lowest BCUT2D eigenvalue weighted by molar-refractivity contribution is -0.181. The Balaban J connectivity index is 1.61. The van der Waals surface area contributed by atoms with Crippen molar-refractivity contribution in [3.8, 4) is 0 Å². The van der Waals surface area contributed by atoms with E-state index >= 15 is 0 Å². The number of ether oxygens (including phenoxy) is 2. The van der Waals surface area contributed by atoms with E-state index < -0.39 is 0 Å². The molecule has 2 aliphatic rings. The van der Waals surface area contributed by atoms with Crippen LogP contribution < -0.4 is 0 Å². The number of allylic oxidation sites excluding steroid dienone is 8. The summed E-state index contributed by atoms with van der Waals surface area (Å²) in [4.78, 5) is 2.43. The van der Waals surface area contributed by atoms with E-state index in [4.69, 9.17) is 9.47 Å². The van der Waals surface area contributed by atoms with Crippen molar-refractivity contribution in [3.05, 3.63) is 48.6 Å². The maximum atomic E-state index is 6.92. The molecule has 1 aliphatic carbocycles. The van der Waals surface area contributed by atoms with Gasteiger partial charge in [-0.3, -0.25) is 0 Å². The fourth-order valence-electron chi connectivity index (χ4n) is 8.15. The van der Waals surface area contributed by atoms with E-state index in [1.54, 1.807) is 0 Å². The van der Waals surface area contributed by atoms with Crippen molar-refractivity contribution in [2.75, 3.05) is 20.7 Å². The van der Waals surface area contributed by atoms with Gasteiger partial charge in [0, 0.05) is 18.9 Å². The summed E-state index contributed by atoms with van der Waals surface area (Å²) in [5.41, 5.74) is 0. The molecule has 0 aromatic heterocycles. The summed E-state index contributed by atoms with van der Waals surface area (Å²) < 4.78 is 13.6. The van der Waals surface area contributed by atoms with Crippen LogP contribution >= 0.6 is 0 Å². The van der Waals surface area contributed by atoms with Crippen molar-refractivity contribution < 1.29 is 9.47 Å². The van der Waals surface area contributed by atoms with Crippen molar-refractivity contribution in [2.24, 2.45) is 5.92 Å². The summed E-state index contributed by atoms with van der Waals surface area (Å²) in [5, 5.41) is 0. The normalized spacial score (nSPS) is 23.0. The topological polar surface area (TPSA) is 21.7 Å². The molecule has 1 saturated carbocycles. The minimum Gasteiger partial charge on any atom is -0.347 e. The van der Waals surface area contributed by atoms with E-state index in [9.17, 15) is 0 Å². The van der Waals surface area contributed by atoms with Gasteiger partial charge in [0.1, 0.15) is 0 Å². The van der Waals surface area contributed by atoms with Crippen LogP contribution in [-0.4, -0.2) is 43.5 Å². The second kappa shape index (κ2) is 32.3. The zero-order valence-corrected chi connectivity index (χ0v) is 34.7. The summed E-state index contributed by atoms with van der Waals surface area (Å²) in [6, 6.07) is 0.772. The van der Waals surface area contributed by atoms with E-state index in [1.807, 2.05) is 0 Å². The summed E-state index contributed by atoms with van der Waals surface area (Å²) in [7, 11) is 4.49. The quantitative estimate of drug-likeness (QED) is 0.0500. The molecular weight excluding hydrogens is 623 g/mol. The first-order valence-corrected chi connectivity index (χ1v) is 22.7. The third-order valence-electron chi connectivity index (χ3n) is 11.6. The van der Waals surface area contributed by atoms with Crippen LogP contribution in [-0.2, 0) is 9.47 Å². The summed E-state index contributed by atoms with van der Waals surface area (Å²) in [6.45, 7) is 5.36. The SMILES string of the molecule is CCCCCC=CCC=CCCCCCCCCC1(CCCCCCCCC=CCC=CCCCCC)OCC(CC2CCC(N(C)C)CC2)O1. The highest BCUT2D eigenvalue weighted by Crippen LogP contribution is 2.39. The van der Waals surface area contributed by atoms with Crippen LogP contribution in [0.3, 0.4) is 0 Å². The molecule has 0 aromatic carbocycles. The van der Waals surface area contributed by atoms with Crippen LogP contribution in [0.4, 0.5) is 0 Å². The van der Waals surface area contributed by atoms with Gasteiger partial charge in [-0.05, 0) is 129 Å². The molecule has 2 fully saturated rings. The van der Waals surface area contributed by atoms with Crippen molar-refractivity contribution in [2.45, 2.75) is 231 Å². The molecule has 1 atom stereocenters. The number of hydrogen-bond acceptors (Lipinski definition) is 3. The molecule has 1 aliphatic heterocycles. The Morgan fingerprint density at radius 2 is 0.922 bits per heavy atom. The Labute approximate surface area is 319 Å². The van der Waals surface area contributed by atoms with Gasteiger partial charge in [0.2, 0.25) is 0 Å². The molecular formula is C48H87NO2. The van der Waals surface area contributed by atoms with Crippen LogP contribution in [0, 0.1) is 5.92 Å². The minimum absolute atomic E-state index is 0.306. The third kappa shape index (κ3) is 24.7. The first-order chi connectivity index (χ1) is 25.1. The molecule has 0 bridgehead atoms. The van der Waals surface area contributed by atoms with Gasteiger partial charge in [-0.1, -0.05) is 140 Å². The molecule has 0 amide bonds. The zero-order chi connectivity index (χ0) is 36.5. The van der Waals surface area contributed by atoms with Gasteiger partial charge in [-0.15, -0.1) is 0 Å². The van der Waals surface area contributed by atoms with Gasteiger partial charge in [-0.2, -0.15) is 0 Å². The molecule has 0 spiro atoms. The summed E-state index contributed by atoms with van der Waals surface area (Å²) in [5.74, 6) is 0.505. The molecule has 51 heavy (non-hydrogen) atoms. The van der Waals surface area contributed by atoms with E-state index in [2.05, 4.69) is 81.5 Å².